The lowest BCUT2D eigenvalue weighted by atomic mass is 10.1. The molecule has 3 heteroatoms. The lowest BCUT2D eigenvalue weighted by molar-refractivity contribution is 0.413. The number of ether oxygens (including phenoxy) is 1. The fourth-order valence-electron chi connectivity index (χ4n) is 1.82. The summed E-state index contributed by atoms with van der Waals surface area (Å²) in [6, 6.07) is 4.26. The summed E-state index contributed by atoms with van der Waals surface area (Å²) >= 11 is 0. The molecule has 0 aromatic heterocycles. The highest BCUT2D eigenvalue weighted by Crippen LogP contribution is 2.29. The van der Waals surface area contributed by atoms with Crippen LogP contribution in [-0.4, -0.2) is 26.7 Å². The Bertz CT molecular complexity index is 337. The first-order chi connectivity index (χ1) is 7.69. The van der Waals surface area contributed by atoms with E-state index in [9.17, 15) is 0 Å². The van der Waals surface area contributed by atoms with Gasteiger partial charge in [0.1, 0.15) is 5.75 Å². The monoisotopic (exact) mass is 222 g/mol. The van der Waals surface area contributed by atoms with E-state index in [0.717, 1.165) is 31.1 Å². The Hall–Kier alpha value is -1.22. The number of hydrogen-bond acceptors (Lipinski definition) is 3. The third kappa shape index (κ3) is 3.42. The van der Waals surface area contributed by atoms with Gasteiger partial charge in [-0.05, 0) is 37.6 Å². The number of methoxy groups -OCH3 is 1. The number of nitrogens with one attached hydrogen (secondary N) is 2. The molecule has 0 fully saturated rings. The van der Waals surface area contributed by atoms with Gasteiger partial charge >= 0.3 is 0 Å². The lowest BCUT2D eigenvalue weighted by Gasteiger charge is -2.14. The second-order valence-electron chi connectivity index (χ2n) is 3.94. The molecule has 0 saturated carbocycles. The summed E-state index contributed by atoms with van der Waals surface area (Å²) in [6.45, 7) is 9.16. The van der Waals surface area contributed by atoms with Crippen LogP contribution in [0.2, 0.25) is 0 Å². The SMILES string of the molecule is CCNCCNc1cc(C)cc(C)c1OC. The number of benzene rings is 1. The van der Waals surface area contributed by atoms with Crippen LogP contribution >= 0.6 is 0 Å². The van der Waals surface area contributed by atoms with Gasteiger partial charge in [0.2, 0.25) is 0 Å². The van der Waals surface area contributed by atoms with Crippen molar-refractivity contribution in [2.24, 2.45) is 0 Å². The Labute approximate surface area is 98.2 Å². The van der Waals surface area contributed by atoms with Gasteiger partial charge in [-0.1, -0.05) is 13.0 Å². The second kappa shape index (κ2) is 6.38. The van der Waals surface area contributed by atoms with Gasteiger partial charge in [-0.25, -0.2) is 0 Å². The fraction of sp³-hybridized carbons (Fsp3) is 0.538. The van der Waals surface area contributed by atoms with Crippen molar-refractivity contribution < 1.29 is 4.74 Å². The third-order valence-electron chi connectivity index (χ3n) is 2.49. The molecule has 0 radical (unpaired) electrons. The van der Waals surface area contributed by atoms with Gasteiger partial charge in [-0.15, -0.1) is 0 Å². The Balaban J connectivity index is 2.69. The zero-order valence-corrected chi connectivity index (χ0v) is 10.7. The fourth-order valence-corrected chi connectivity index (χ4v) is 1.82. The third-order valence-corrected chi connectivity index (χ3v) is 2.49. The first-order valence-electron chi connectivity index (χ1n) is 5.78. The normalized spacial score (nSPS) is 10.2. The summed E-state index contributed by atoms with van der Waals surface area (Å²) in [5, 5.41) is 6.68. The van der Waals surface area contributed by atoms with E-state index in [0.29, 0.717) is 0 Å². The van der Waals surface area contributed by atoms with E-state index in [1.807, 2.05) is 0 Å². The van der Waals surface area contributed by atoms with Crippen molar-refractivity contribution in [3.8, 4) is 5.75 Å². The molecule has 2 N–H and O–H groups in total. The van der Waals surface area contributed by atoms with Crippen LogP contribution in [-0.2, 0) is 0 Å². The van der Waals surface area contributed by atoms with Gasteiger partial charge in [0, 0.05) is 13.1 Å². The maximum absolute atomic E-state index is 5.41. The quantitative estimate of drug-likeness (QED) is 0.725. The number of aryl methyl sites for hydroxylation is 2. The van der Waals surface area contributed by atoms with Crippen LogP contribution in [0.3, 0.4) is 0 Å². The average Bonchev–Trinajstić information content (AvgIpc) is 2.24. The molecule has 0 amide bonds. The standard InChI is InChI=1S/C13H22N2O/c1-5-14-6-7-15-12-9-10(2)8-11(3)13(12)16-4/h8-9,14-15H,5-7H2,1-4H3. The van der Waals surface area contributed by atoms with E-state index >= 15 is 0 Å². The molecule has 1 aromatic rings. The smallest absolute Gasteiger partial charge is 0.144 e. The number of likely N-dealkylation sites (N-methyl/N-ethyl adjacent to an activating group) is 1. The van der Waals surface area contributed by atoms with Crippen molar-refractivity contribution >= 4 is 5.69 Å². The predicted molar refractivity (Wildman–Crippen MR) is 69.5 cm³/mol. The first-order valence-corrected chi connectivity index (χ1v) is 5.78. The van der Waals surface area contributed by atoms with Crippen LogP contribution in [0.4, 0.5) is 5.69 Å². The number of hydrogen-bond donors (Lipinski definition) is 2. The van der Waals surface area contributed by atoms with E-state index < -0.39 is 0 Å². The van der Waals surface area contributed by atoms with Crippen LogP contribution < -0.4 is 15.4 Å². The minimum absolute atomic E-state index is 0.910. The largest absolute Gasteiger partial charge is 0.494 e. The van der Waals surface area contributed by atoms with Gasteiger partial charge < -0.3 is 15.4 Å². The zero-order chi connectivity index (χ0) is 12.0. The van der Waals surface area contributed by atoms with Gasteiger partial charge in [-0.2, -0.15) is 0 Å². The van der Waals surface area contributed by atoms with Crippen molar-refractivity contribution in [3.05, 3.63) is 23.3 Å². The molecule has 0 aliphatic carbocycles. The molecular formula is C13H22N2O. The van der Waals surface area contributed by atoms with Crippen molar-refractivity contribution in [1.82, 2.24) is 5.32 Å². The van der Waals surface area contributed by atoms with E-state index in [2.05, 4.69) is 43.5 Å². The van der Waals surface area contributed by atoms with Crippen LogP contribution in [0, 0.1) is 13.8 Å². The first kappa shape index (κ1) is 12.8. The Morgan fingerprint density at radius 1 is 1.19 bits per heavy atom. The Kier molecular flexibility index (Phi) is 5.12. The zero-order valence-electron chi connectivity index (χ0n) is 10.7. The summed E-state index contributed by atoms with van der Waals surface area (Å²) in [5.41, 5.74) is 3.51. The molecule has 16 heavy (non-hydrogen) atoms. The predicted octanol–water partition coefficient (Wildman–Crippen LogP) is 2.33. The van der Waals surface area contributed by atoms with Crippen LogP contribution in [0.5, 0.6) is 5.75 Å². The van der Waals surface area contributed by atoms with Crippen LogP contribution in [0.1, 0.15) is 18.1 Å². The van der Waals surface area contributed by atoms with Gasteiger partial charge in [-0.3, -0.25) is 0 Å². The molecule has 0 saturated heterocycles. The second-order valence-corrected chi connectivity index (χ2v) is 3.94. The van der Waals surface area contributed by atoms with Gasteiger partial charge in [0.25, 0.3) is 0 Å². The number of anilines is 1. The van der Waals surface area contributed by atoms with Crippen molar-refractivity contribution in [3.63, 3.8) is 0 Å². The average molecular weight is 222 g/mol. The molecule has 0 unspecified atom stereocenters. The van der Waals surface area contributed by atoms with Crippen LogP contribution in [0.25, 0.3) is 0 Å². The summed E-state index contributed by atoms with van der Waals surface area (Å²) < 4.78 is 5.41. The molecular weight excluding hydrogens is 200 g/mol. The lowest BCUT2D eigenvalue weighted by Crippen LogP contribution is -2.21. The van der Waals surface area contributed by atoms with Crippen molar-refractivity contribution in [2.75, 3.05) is 32.1 Å². The highest BCUT2D eigenvalue weighted by molar-refractivity contribution is 5.61. The molecule has 0 bridgehead atoms. The van der Waals surface area contributed by atoms with E-state index in [1.54, 1.807) is 7.11 Å². The summed E-state index contributed by atoms with van der Waals surface area (Å²) in [7, 11) is 1.72. The van der Waals surface area contributed by atoms with Gasteiger partial charge in [0.15, 0.2) is 0 Å². The molecule has 0 heterocycles. The molecule has 3 nitrogen and oxygen atoms in total. The molecule has 0 atom stereocenters. The summed E-state index contributed by atoms with van der Waals surface area (Å²) in [6.07, 6.45) is 0. The number of rotatable bonds is 6. The Morgan fingerprint density at radius 3 is 2.56 bits per heavy atom. The van der Waals surface area contributed by atoms with Gasteiger partial charge in [0.05, 0.1) is 12.8 Å². The molecule has 0 aliphatic rings. The highest BCUT2D eigenvalue weighted by Gasteiger charge is 2.06. The minimum Gasteiger partial charge on any atom is -0.494 e. The van der Waals surface area contributed by atoms with Crippen molar-refractivity contribution in [1.29, 1.82) is 0 Å². The molecule has 1 rings (SSSR count). The molecule has 0 spiro atoms. The molecule has 0 aliphatic heterocycles. The molecule has 1 aromatic carbocycles. The highest BCUT2D eigenvalue weighted by atomic mass is 16.5. The van der Waals surface area contributed by atoms with E-state index in [-0.39, 0.29) is 0 Å². The minimum atomic E-state index is 0.910. The van der Waals surface area contributed by atoms with E-state index in [4.69, 9.17) is 4.74 Å². The van der Waals surface area contributed by atoms with E-state index in [1.165, 1.54) is 11.1 Å². The maximum Gasteiger partial charge on any atom is 0.144 e. The topological polar surface area (TPSA) is 33.3 Å². The Morgan fingerprint density at radius 2 is 1.94 bits per heavy atom. The maximum atomic E-state index is 5.41. The summed E-state index contributed by atoms with van der Waals surface area (Å²) in [4.78, 5) is 0. The van der Waals surface area contributed by atoms with Crippen LogP contribution in [0.15, 0.2) is 12.1 Å². The van der Waals surface area contributed by atoms with Crippen molar-refractivity contribution in [2.45, 2.75) is 20.8 Å². The summed E-state index contributed by atoms with van der Waals surface area (Å²) in [5.74, 6) is 0.946. The molecule has 90 valence electrons.